The zero-order valence-corrected chi connectivity index (χ0v) is 25.2. The van der Waals surface area contributed by atoms with Crippen molar-refractivity contribution in [1.29, 1.82) is 0 Å². The van der Waals surface area contributed by atoms with Crippen LogP contribution in [0.3, 0.4) is 0 Å². The average Bonchev–Trinajstić information content (AvgIpc) is 3.38. The molecule has 0 unspecified atom stereocenters. The average molecular weight is 632 g/mol. The molecule has 2 aliphatic heterocycles. The second-order valence-corrected chi connectivity index (χ2v) is 16.2. The van der Waals surface area contributed by atoms with Crippen molar-refractivity contribution in [3.8, 4) is 5.75 Å². The lowest BCUT2D eigenvalue weighted by molar-refractivity contribution is -0.137. The van der Waals surface area contributed by atoms with Crippen LogP contribution in [0.25, 0.3) is 0 Å². The van der Waals surface area contributed by atoms with E-state index < -0.39 is 42.2 Å². The van der Waals surface area contributed by atoms with Crippen LogP contribution in [0.1, 0.15) is 42.4 Å². The van der Waals surface area contributed by atoms with Crippen molar-refractivity contribution in [3.05, 3.63) is 94.3 Å². The van der Waals surface area contributed by atoms with E-state index in [0.717, 1.165) is 5.56 Å². The molecule has 3 aromatic carbocycles. The number of nitrogens with zero attached hydrogens (tertiary/aromatic N) is 1. The summed E-state index contributed by atoms with van der Waals surface area (Å²) in [7, 11) is -7.09. The van der Waals surface area contributed by atoms with E-state index in [1.54, 1.807) is 53.4 Å². The van der Waals surface area contributed by atoms with Crippen molar-refractivity contribution in [2.75, 3.05) is 18.1 Å². The predicted molar refractivity (Wildman–Crippen MR) is 157 cm³/mol. The van der Waals surface area contributed by atoms with Crippen molar-refractivity contribution in [2.24, 2.45) is 5.92 Å². The summed E-state index contributed by atoms with van der Waals surface area (Å²) in [6.45, 7) is 0.396. The van der Waals surface area contributed by atoms with E-state index in [2.05, 4.69) is 0 Å². The van der Waals surface area contributed by atoms with E-state index in [4.69, 9.17) is 16.3 Å². The van der Waals surface area contributed by atoms with Crippen LogP contribution in [0.5, 0.6) is 5.75 Å². The zero-order valence-electron chi connectivity index (χ0n) is 22.8. The summed E-state index contributed by atoms with van der Waals surface area (Å²) < 4.78 is 71.2. The molecule has 0 N–H and O–H groups in total. The molecule has 0 bridgehead atoms. The first-order valence-corrected chi connectivity index (χ1v) is 17.7. The highest BCUT2D eigenvalue weighted by atomic mass is 35.5. The van der Waals surface area contributed by atoms with E-state index in [9.17, 15) is 26.0 Å². The fourth-order valence-electron chi connectivity index (χ4n) is 6.84. The number of halogens is 2. The maximum absolute atomic E-state index is 14.5. The fraction of sp³-hybridized carbons (Fsp3) is 0.387. The Kier molecular flexibility index (Phi) is 7.60. The standard InChI is InChI=1S/C31H31ClFNO6S2/c32-28-19-24(33)8-6-23(28)20-40-25-9-10-27-22(18-25)7-11-29-31(27,42(38,39)26-4-2-1-3-5-26)14-15-34(29)30(35)21-12-16-41(36,37)17-13-21/h1-6,8-10,18-19,21,29H,7,11-17,20H2/t29-,31-/m1/s1. The molecule has 2 atom stereocenters. The molecular weight excluding hydrogens is 601 g/mol. The Balaban J connectivity index is 1.35. The number of aryl methyl sites for hydroxylation is 1. The number of sulfone groups is 2. The van der Waals surface area contributed by atoms with Crippen molar-refractivity contribution in [1.82, 2.24) is 4.90 Å². The number of carbonyl (C=O) groups is 1. The van der Waals surface area contributed by atoms with Gasteiger partial charge >= 0.3 is 0 Å². The highest BCUT2D eigenvalue weighted by Crippen LogP contribution is 2.53. The second-order valence-electron chi connectivity index (χ2n) is 11.3. The molecule has 0 radical (unpaired) electrons. The Morgan fingerprint density at radius 2 is 1.76 bits per heavy atom. The molecule has 2 fully saturated rings. The summed E-state index contributed by atoms with van der Waals surface area (Å²) in [5.74, 6) is -0.531. The molecule has 2 heterocycles. The van der Waals surface area contributed by atoms with Crippen LogP contribution in [-0.4, -0.2) is 51.7 Å². The lowest BCUT2D eigenvalue weighted by atomic mass is 9.78. The molecule has 1 aliphatic carbocycles. The molecule has 222 valence electrons. The van der Waals surface area contributed by atoms with Crippen molar-refractivity contribution < 1.29 is 30.8 Å². The summed E-state index contributed by atoms with van der Waals surface area (Å²) >= 11 is 6.16. The van der Waals surface area contributed by atoms with Gasteiger partial charge in [0.15, 0.2) is 9.84 Å². The lowest BCUT2D eigenvalue weighted by Gasteiger charge is -2.43. The van der Waals surface area contributed by atoms with Gasteiger partial charge in [-0.2, -0.15) is 0 Å². The first-order valence-electron chi connectivity index (χ1n) is 14.0. The van der Waals surface area contributed by atoms with Crippen LogP contribution >= 0.6 is 11.6 Å². The summed E-state index contributed by atoms with van der Waals surface area (Å²) in [6, 6.07) is 17.2. The number of benzene rings is 3. The number of likely N-dealkylation sites (tertiary alicyclic amines) is 1. The molecule has 0 aromatic heterocycles. The Morgan fingerprint density at radius 1 is 1.02 bits per heavy atom. The number of hydrogen-bond acceptors (Lipinski definition) is 6. The quantitative estimate of drug-likeness (QED) is 0.376. The molecule has 2 saturated heterocycles. The van der Waals surface area contributed by atoms with Crippen LogP contribution in [0, 0.1) is 11.7 Å². The molecule has 3 aromatic rings. The zero-order chi connectivity index (χ0) is 29.7. The molecule has 11 heteroatoms. The Morgan fingerprint density at radius 3 is 2.48 bits per heavy atom. The number of carbonyl (C=O) groups excluding carboxylic acids is 1. The number of rotatable bonds is 6. The van der Waals surface area contributed by atoms with E-state index in [0.29, 0.717) is 29.7 Å². The summed E-state index contributed by atoms with van der Waals surface area (Å²) in [6.07, 6.45) is 1.76. The molecule has 6 rings (SSSR count). The van der Waals surface area contributed by atoms with E-state index in [1.165, 1.54) is 12.1 Å². The maximum Gasteiger partial charge on any atom is 0.226 e. The Hall–Kier alpha value is -2.95. The molecule has 7 nitrogen and oxygen atoms in total. The number of amides is 1. The third-order valence-corrected chi connectivity index (χ3v) is 13.6. The van der Waals surface area contributed by atoms with Crippen molar-refractivity contribution in [2.45, 2.75) is 54.4 Å². The van der Waals surface area contributed by atoms with Crippen LogP contribution in [0.2, 0.25) is 5.02 Å². The van der Waals surface area contributed by atoms with Gasteiger partial charge in [0.25, 0.3) is 0 Å². The monoisotopic (exact) mass is 631 g/mol. The van der Waals surface area contributed by atoms with Gasteiger partial charge in [-0.05, 0) is 79.6 Å². The first-order chi connectivity index (χ1) is 20.0. The second kappa shape index (κ2) is 11.0. The van der Waals surface area contributed by atoms with Crippen LogP contribution < -0.4 is 4.74 Å². The van der Waals surface area contributed by atoms with E-state index in [1.807, 2.05) is 6.07 Å². The molecular formula is C31H31ClFNO6S2. The topological polar surface area (TPSA) is 97.8 Å². The highest BCUT2D eigenvalue weighted by molar-refractivity contribution is 7.92. The molecule has 0 spiro atoms. The minimum absolute atomic E-state index is 0.0237. The van der Waals surface area contributed by atoms with Crippen LogP contribution in [0.15, 0.2) is 71.6 Å². The van der Waals surface area contributed by atoms with Gasteiger partial charge in [0.05, 0.1) is 27.5 Å². The van der Waals surface area contributed by atoms with Gasteiger partial charge in [0.2, 0.25) is 5.91 Å². The Labute approximate surface area is 250 Å². The van der Waals surface area contributed by atoms with Gasteiger partial charge in [-0.3, -0.25) is 4.79 Å². The third-order valence-electron chi connectivity index (χ3n) is 8.99. The molecule has 1 amide bonds. The largest absolute Gasteiger partial charge is 0.489 e. The minimum Gasteiger partial charge on any atom is -0.489 e. The summed E-state index contributed by atoms with van der Waals surface area (Å²) in [5, 5.41) is 0.259. The number of ether oxygens (including phenoxy) is 1. The first kappa shape index (κ1) is 29.1. The highest BCUT2D eigenvalue weighted by Gasteiger charge is 2.61. The molecule has 0 saturated carbocycles. The fourth-order valence-corrected chi connectivity index (χ4v) is 10.9. The SMILES string of the molecule is O=C(C1CCS(=O)(=O)CC1)N1CC[C@@]2(S(=O)(=O)c3ccccc3)c3ccc(OCc4ccc(F)cc4Cl)cc3CC[C@@H]12. The van der Waals surface area contributed by atoms with E-state index in [-0.39, 0.29) is 59.7 Å². The maximum atomic E-state index is 14.5. The lowest BCUT2D eigenvalue weighted by Crippen LogP contribution is -2.53. The number of fused-ring (bicyclic) bond motifs is 3. The summed E-state index contributed by atoms with van der Waals surface area (Å²) in [4.78, 5) is 15.7. The molecule has 3 aliphatic rings. The summed E-state index contributed by atoms with van der Waals surface area (Å²) in [5.41, 5.74) is 2.13. The molecule has 42 heavy (non-hydrogen) atoms. The minimum atomic E-state index is -3.95. The van der Waals surface area contributed by atoms with Crippen molar-refractivity contribution >= 4 is 37.2 Å². The number of hydrogen-bond donors (Lipinski definition) is 0. The third kappa shape index (κ3) is 5.01. The van der Waals surface area contributed by atoms with Gasteiger partial charge in [0.1, 0.15) is 32.8 Å². The van der Waals surface area contributed by atoms with Gasteiger partial charge in [-0.1, -0.05) is 41.9 Å². The van der Waals surface area contributed by atoms with Crippen LogP contribution in [-0.2, 0) is 42.2 Å². The van der Waals surface area contributed by atoms with Gasteiger partial charge < -0.3 is 9.64 Å². The van der Waals surface area contributed by atoms with Gasteiger partial charge in [-0.25, -0.2) is 21.2 Å². The normalized spacial score (nSPS) is 23.7. The van der Waals surface area contributed by atoms with Gasteiger partial charge in [-0.15, -0.1) is 0 Å². The van der Waals surface area contributed by atoms with Crippen LogP contribution in [0.4, 0.5) is 4.39 Å². The van der Waals surface area contributed by atoms with E-state index >= 15 is 0 Å². The Bertz CT molecular complexity index is 1730. The predicted octanol–water partition coefficient (Wildman–Crippen LogP) is 5.10. The smallest absolute Gasteiger partial charge is 0.226 e. The van der Waals surface area contributed by atoms with Gasteiger partial charge in [0, 0.05) is 18.0 Å². The van der Waals surface area contributed by atoms with Crippen molar-refractivity contribution in [3.63, 3.8) is 0 Å².